The Labute approximate surface area is 117 Å². The van der Waals surface area contributed by atoms with Crippen molar-refractivity contribution >= 4 is 29.2 Å². The Morgan fingerprint density at radius 1 is 1.42 bits per heavy atom. The third-order valence-corrected chi connectivity index (χ3v) is 3.46. The van der Waals surface area contributed by atoms with Crippen LogP contribution in [-0.4, -0.2) is 24.5 Å². The minimum Gasteiger partial charge on any atom is -0.464 e. The monoisotopic (exact) mass is 281 g/mol. The summed E-state index contributed by atoms with van der Waals surface area (Å²) in [6, 6.07) is 6.35. The molecule has 1 amide bonds. The molecular weight excluding hydrogens is 266 g/mol. The van der Waals surface area contributed by atoms with Gasteiger partial charge < -0.3 is 4.74 Å². The first kappa shape index (κ1) is 13.9. The zero-order valence-electron chi connectivity index (χ0n) is 10.9. The molecule has 4 nitrogen and oxygen atoms in total. The fraction of sp³-hybridized carbons (Fsp3) is 0.429. The van der Waals surface area contributed by atoms with E-state index in [-0.39, 0.29) is 17.8 Å². The Balaban J connectivity index is 2.30. The first-order chi connectivity index (χ1) is 9.04. The smallest absolute Gasteiger partial charge is 0.329 e. The van der Waals surface area contributed by atoms with Crippen LogP contribution < -0.4 is 4.90 Å². The van der Waals surface area contributed by atoms with Crippen LogP contribution in [0.1, 0.15) is 20.3 Å². The number of carbonyl (C=O) groups excluding carboxylic acids is 2. The fourth-order valence-electron chi connectivity index (χ4n) is 2.28. The third kappa shape index (κ3) is 2.73. The van der Waals surface area contributed by atoms with E-state index in [4.69, 9.17) is 16.3 Å². The van der Waals surface area contributed by atoms with Gasteiger partial charge in [0.1, 0.15) is 6.04 Å². The third-order valence-electron chi connectivity index (χ3n) is 3.21. The molecule has 0 spiro atoms. The van der Waals surface area contributed by atoms with Crippen molar-refractivity contribution in [3.8, 4) is 0 Å². The molecule has 1 fully saturated rings. The molecule has 2 rings (SSSR count). The van der Waals surface area contributed by atoms with E-state index < -0.39 is 6.04 Å². The second-order valence-electron chi connectivity index (χ2n) is 4.59. The minimum atomic E-state index is -0.538. The molecule has 2 atom stereocenters. The van der Waals surface area contributed by atoms with Crippen molar-refractivity contribution in [2.75, 3.05) is 11.5 Å². The van der Waals surface area contributed by atoms with E-state index >= 15 is 0 Å². The maximum atomic E-state index is 12.2. The van der Waals surface area contributed by atoms with Gasteiger partial charge in [-0.1, -0.05) is 18.5 Å². The average molecular weight is 282 g/mol. The van der Waals surface area contributed by atoms with Crippen LogP contribution in [0.3, 0.4) is 0 Å². The lowest BCUT2D eigenvalue weighted by Gasteiger charge is -2.23. The SMILES string of the molecule is CCOC(=O)[C@H]1C[C@H](C)C(=O)N1c1ccc(Cl)cc1. The summed E-state index contributed by atoms with van der Waals surface area (Å²) < 4.78 is 5.04. The molecule has 5 heteroatoms. The van der Waals surface area contributed by atoms with Gasteiger partial charge >= 0.3 is 5.97 Å². The minimum absolute atomic E-state index is 0.0552. The Morgan fingerprint density at radius 2 is 2.05 bits per heavy atom. The quantitative estimate of drug-likeness (QED) is 0.800. The predicted molar refractivity (Wildman–Crippen MR) is 73.1 cm³/mol. The van der Waals surface area contributed by atoms with Gasteiger partial charge in [-0.15, -0.1) is 0 Å². The second kappa shape index (κ2) is 5.61. The van der Waals surface area contributed by atoms with Crippen molar-refractivity contribution in [1.82, 2.24) is 0 Å². The van der Waals surface area contributed by atoms with E-state index in [9.17, 15) is 9.59 Å². The molecule has 0 radical (unpaired) electrons. The van der Waals surface area contributed by atoms with Crippen molar-refractivity contribution in [1.29, 1.82) is 0 Å². The van der Waals surface area contributed by atoms with Crippen LogP contribution >= 0.6 is 11.6 Å². The summed E-state index contributed by atoms with van der Waals surface area (Å²) >= 11 is 5.84. The lowest BCUT2D eigenvalue weighted by molar-refractivity contribution is -0.144. The first-order valence-electron chi connectivity index (χ1n) is 6.30. The van der Waals surface area contributed by atoms with E-state index in [1.54, 1.807) is 31.2 Å². The molecule has 0 bridgehead atoms. The van der Waals surface area contributed by atoms with Crippen LogP contribution in [0.15, 0.2) is 24.3 Å². The lowest BCUT2D eigenvalue weighted by atomic mass is 10.1. The Morgan fingerprint density at radius 3 is 2.63 bits per heavy atom. The normalized spacial score (nSPS) is 22.7. The number of amides is 1. The van der Waals surface area contributed by atoms with Gasteiger partial charge in [-0.05, 0) is 37.6 Å². The molecule has 0 unspecified atom stereocenters. The van der Waals surface area contributed by atoms with Crippen molar-refractivity contribution in [3.63, 3.8) is 0 Å². The number of benzene rings is 1. The summed E-state index contributed by atoms with van der Waals surface area (Å²) in [5.41, 5.74) is 0.678. The number of nitrogens with zero attached hydrogens (tertiary/aromatic N) is 1. The van der Waals surface area contributed by atoms with Crippen LogP contribution in [0.25, 0.3) is 0 Å². The molecule has 1 saturated heterocycles. The van der Waals surface area contributed by atoms with Gasteiger partial charge in [0.2, 0.25) is 5.91 Å². The Hall–Kier alpha value is -1.55. The molecule has 1 heterocycles. The molecule has 1 aliphatic rings. The molecular formula is C14H16ClNO3. The molecule has 102 valence electrons. The summed E-state index contributed by atoms with van der Waals surface area (Å²) in [6.07, 6.45) is 0.486. The van der Waals surface area contributed by atoms with E-state index in [1.165, 1.54) is 4.90 Å². The van der Waals surface area contributed by atoms with E-state index in [1.807, 2.05) is 6.92 Å². The van der Waals surface area contributed by atoms with Gasteiger partial charge in [0.15, 0.2) is 0 Å². The molecule has 0 saturated carbocycles. The van der Waals surface area contributed by atoms with Gasteiger partial charge in [-0.3, -0.25) is 9.69 Å². The largest absolute Gasteiger partial charge is 0.464 e. The number of esters is 1. The molecule has 0 aromatic heterocycles. The summed E-state index contributed by atoms with van der Waals surface area (Å²) in [4.78, 5) is 25.7. The number of carbonyl (C=O) groups is 2. The predicted octanol–water partition coefficient (Wildman–Crippen LogP) is 2.64. The number of anilines is 1. The zero-order valence-corrected chi connectivity index (χ0v) is 11.7. The van der Waals surface area contributed by atoms with Gasteiger partial charge in [-0.25, -0.2) is 4.79 Å². The number of hydrogen-bond donors (Lipinski definition) is 0. The zero-order chi connectivity index (χ0) is 14.0. The van der Waals surface area contributed by atoms with Gasteiger partial charge in [0.05, 0.1) is 6.61 Å². The number of halogens is 1. The number of hydrogen-bond acceptors (Lipinski definition) is 3. The van der Waals surface area contributed by atoms with E-state index in [2.05, 4.69) is 0 Å². The van der Waals surface area contributed by atoms with Crippen molar-refractivity contribution in [2.24, 2.45) is 5.92 Å². The van der Waals surface area contributed by atoms with Crippen LogP contribution in [0.5, 0.6) is 0 Å². The van der Waals surface area contributed by atoms with E-state index in [0.717, 1.165) is 0 Å². The van der Waals surface area contributed by atoms with Crippen LogP contribution in [-0.2, 0) is 14.3 Å². The lowest BCUT2D eigenvalue weighted by Crippen LogP contribution is -2.40. The highest BCUT2D eigenvalue weighted by atomic mass is 35.5. The van der Waals surface area contributed by atoms with Crippen LogP contribution in [0.4, 0.5) is 5.69 Å². The standard InChI is InChI=1S/C14H16ClNO3/c1-3-19-14(18)12-8-9(2)13(17)16(12)11-6-4-10(15)5-7-11/h4-7,9,12H,3,8H2,1-2H3/t9-,12+/m0/s1. The summed E-state index contributed by atoms with van der Waals surface area (Å²) in [7, 11) is 0. The van der Waals surface area contributed by atoms with Crippen LogP contribution in [0.2, 0.25) is 5.02 Å². The van der Waals surface area contributed by atoms with Gasteiger partial charge in [0, 0.05) is 16.6 Å². The molecule has 0 aliphatic carbocycles. The highest BCUT2D eigenvalue weighted by Gasteiger charge is 2.42. The van der Waals surface area contributed by atoms with Gasteiger partial charge in [-0.2, -0.15) is 0 Å². The molecule has 1 aromatic rings. The van der Waals surface area contributed by atoms with Crippen LogP contribution in [0, 0.1) is 5.92 Å². The second-order valence-corrected chi connectivity index (χ2v) is 5.03. The van der Waals surface area contributed by atoms with Gasteiger partial charge in [0.25, 0.3) is 0 Å². The number of ether oxygens (including phenoxy) is 1. The fourth-order valence-corrected chi connectivity index (χ4v) is 2.41. The number of rotatable bonds is 3. The highest BCUT2D eigenvalue weighted by molar-refractivity contribution is 6.30. The summed E-state index contributed by atoms with van der Waals surface area (Å²) in [5.74, 6) is -0.583. The Kier molecular flexibility index (Phi) is 4.10. The Bertz CT molecular complexity index is 486. The van der Waals surface area contributed by atoms with Crippen molar-refractivity contribution < 1.29 is 14.3 Å². The van der Waals surface area contributed by atoms with E-state index in [0.29, 0.717) is 23.7 Å². The molecule has 19 heavy (non-hydrogen) atoms. The topological polar surface area (TPSA) is 46.6 Å². The van der Waals surface area contributed by atoms with Crippen molar-refractivity contribution in [3.05, 3.63) is 29.3 Å². The van der Waals surface area contributed by atoms with Crippen molar-refractivity contribution in [2.45, 2.75) is 26.3 Å². The maximum Gasteiger partial charge on any atom is 0.329 e. The molecule has 1 aromatic carbocycles. The highest BCUT2D eigenvalue weighted by Crippen LogP contribution is 2.31. The summed E-state index contributed by atoms with van der Waals surface area (Å²) in [6.45, 7) is 3.89. The first-order valence-corrected chi connectivity index (χ1v) is 6.67. The maximum absolute atomic E-state index is 12.2. The average Bonchev–Trinajstić information content (AvgIpc) is 2.68. The molecule has 0 N–H and O–H groups in total. The molecule has 1 aliphatic heterocycles. The summed E-state index contributed by atoms with van der Waals surface area (Å²) in [5, 5.41) is 0.594.